The van der Waals surface area contributed by atoms with Gasteiger partial charge in [0.15, 0.2) is 0 Å². The molecule has 12 heteroatoms. The minimum Gasteiger partial charge on any atom is -0.443 e. The fourth-order valence-electron chi connectivity index (χ4n) is 5.95. The average Bonchev–Trinajstić information content (AvgIpc) is 3.77. The molecule has 1 saturated carbocycles. The molecule has 2 atom stereocenters. The van der Waals surface area contributed by atoms with Crippen LogP contribution in [0.15, 0.2) is 79.0 Å². The molecule has 2 heterocycles. The molecule has 3 aromatic rings. The number of carbonyl (C=O) groups excluding carboxylic acids is 4. The molecule has 1 aliphatic carbocycles. The van der Waals surface area contributed by atoms with Crippen molar-refractivity contribution < 1.29 is 33.1 Å². The van der Waals surface area contributed by atoms with Crippen molar-refractivity contribution in [2.45, 2.75) is 57.8 Å². The number of halogens is 1. The highest BCUT2D eigenvalue weighted by Gasteiger charge is 2.46. The Kier molecular flexibility index (Phi) is 11.3. The molecule has 242 valence electrons. The lowest BCUT2D eigenvalue weighted by Crippen LogP contribution is -2.55. The van der Waals surface area contributed by atoms with Crippen LogP contribution >= 0.6 is 0 Å². The van der Waals surface area contributed by atoms with Gasteiger partial charge in [-0.3, -0.25) is 19.2 Å². The first-order valence-electron chi connectivity index (χ1n) is 15.5. The maximum atomic E-state index is 14.5. The molecule has 2 fully saturated rings. The van der Waals surface area contributed by atoms with Gasteiger partial charge >= 0.3 is 6.09 Å². The van der Waals surface area contributed by atoms with Crippen LogP contribution in [-0.2, 0) is 37.2 Å². The SMILES string of the molecule is O=CN(C[C@@H](CC1CCCC1)C(=O)N1[C@H](C(=O)Nc2ccc(F)cn2)CCN1C(=O)OCc1ccccc1)OCc1ccccc1. The summed E-state index contributed by atoms with van der Waals surface area (Å²) in [6.45, 7) is 0.0862. The second kappa shape index (κ2) is 15.9. The molecule has 2 aliphatic rings. The van der Waals surface area contributed by atoms with Crippen LogP contribution in [0.3, 0.4) is 0 Å². The summed E-state index contributed by atoms with van der Waals surface area (Å²) in [7, 11) is 0. The van der Waals surface area contributed by atoms with Gasteiger partial charge in [0, 0.05) is 6.54 Å². The monoisotopic (exact) mass is 631 g/mol. The zero-order valence-electron chi connectivity index (χ0n) is 25.5. The number of hydrogen-bond acceptors (Lipinski definition) is 7. The standard InChI is InChI=1S/C34H38FN5O6/c35-29-15-16-31(36-20-29)37-32(42)30-17-18-39(34(44)45-22-26-11-3-1-4-12-26)40(30)33(43)28(19-25-9-7-8-10-25)21-38(24-41)46-23-27-13-5-2-6-14-27/h1-6,11-16,20,24-25,28,30H,7-10,17-19,21-23H2,(H,36,37,42)/t28-,30+/m1/s1. The molecule has 46 heavy (non-hydrogen) atoms. The summed E-state index contributed by atoms with van der Waals surface area (Å²) in [5, 5.41) is 6.06. The third-order valence-electron chi connectivity index (χ3n) is 8.29. The van der Waals surface area contributed by atoms with Crippen molar-refractivity contribution in [1.82, 2.24) is 20.1 Å². The molecule has 1 aromatic heterocycles. The van der Waals surface area contributed by atoms with E-state index in [2.05, 4.69) is 10.3 Å². The summed E-state index contributed by atoms with van der Waals surface area (Å²) >= 11 is 0. The number of aromatic nitrogens is 1. The van der Waals surface area contributed by atoms with Crippen LogP contribution in [0.2, 0.25) is 0 Å². The van der Waals surface area contributed by atoms with Crippen LogP contribution in [-0.4, -0.2) is 63.5 Å². The summed E-state index contributed by atoms with van der Waals surface area (Å²) in [5.74, 6) is -2.07. The molecule has 5 rings (SSSR count). The Bertz CT molecular complexity index is 1460. The van der Waals surface area contributed by atoms with Crippen LogP contribution in [0.1, 0.15) is 49.7 Å². The van der Waals surface area contributed by atoms with Gasteiger partial charge in [0.05, 0.1) is 18.7 Å². The molecule has 1 saturated heterocycles. The zero-order chi connectivity index (χ0) is 32.3. The van der Waals surface area contributed by atoms with Crippen LogP contribution in [0.4, 0.5) is 15.0 Å². The van der Waals surface area contributed by atoms with Crippen molar-refractivity contribution in [1.29, 1.82) is 0 Å². The molecule has 2 aromatic carbocycles. The van der Waals surface area contributed by atoms with Gasteiger partial charge in [-0.1, -0.05) is 86.3 Å². The number of nitrogens with zero attached hydrogens (tertiary/aromatic N) is 4. The number of carbonyl (C=O) groups is 4. The predicted octanol–water partition coefficient (Wildman–Crippen LogP) is 5.10. The zero-order valence-corrected chi connectivity index (χ0v) is 25.5. The summed E-state index contributed by atoms with van der Waals surface area (Å²) in [5.41, 5.74) is 1.62. The van der Waals surface area contributed by atoms with E-state index in [1.165, 1.54) is 6.07 Å². The smallest absolute Gasteiger partial charge is 0.429 e. The molecule has 0 radical (unpaired) electrons. The summed E-state index contributed by atoms with van der Waals surface area (Å²) < 4.78 is 19.0. The third kappa shape index (κ3) is 8.66. The summed E-state index contributed by atoms with van der Waals surface area (Å²) in [6.07, 6.45) is 5.30. The predicted molar refractivity (Wildman–Crippen MR) is 165 cm³/mol. The molecule has 11 nitrogen and oxygen atoms in total. The van der Waals surface area contributed by atoms with E-state index in [0.717, 1.165) is 64.2 Å². The van der Waals surface area contributed by atoms with Crippen LogP contribution in [0.5, 0.6) is 0 Å². The number of pyridine rings is 1. The first-order valence-corrected chi connectivity index (χ1v) is 15.5. The maximum Gasteiger partial charge on any atom is 0.429 e. The Balaban J connectivity index is 1.38. The number of amides is 4. The minimum absolute atomic E-state index is 0.0215. The van der Waals surface area contributed by atoms with Gasteiger partial charge in [-0.25, -0.2) is 29.2 Å². The Hall–Kier alpha value is -4.84. The quantitative estimate of drug-likeness (QED) is 0.206. The highest BCUT2D eigenvalue weighted by atomic mass is 19.1. The van der Waals surface area contributed by atoms with E-state index >= 15 is 0 Å². The number of nitrogens with one attached hydrogen (secondary N) is 1. The van der Waals surface area contributed by atoms with Crippen molar-refractivity contribution in [2.75, 3.05) is 18.4 Å². The number of hydrazine groups is 1. The van der Waals surface area contributed by atoms with Gasteiger partial charge in [-0.2, -0.15) is 0 Å². The van der Waals surface area contributed by atoms with Crippen LogP contribution in [0, 0.1) is 17.7 Å². The van der Waals surface area contributed by atoms with E-state index in [0.29, 0.717) is 12.8 Å². The fraction of sp³-hybridized carbons (Fsp3) is 0.382. The normalized spacial score (nSPS) is 17.0. The van der Waals surface area contributed by atoms with Crippen molar-refractivity contribution in [3.05, 3.63) is 95.9 Å². The van der Waals surface area contributed by atoms with E-state index in [9.17, 15) is 23.6 Å². The van der Waals surface area contributed by atoms with E-state index < -0.39 is 35.7 Å². The Morgan fingerprint density at radius 3 is 2.26 bits per heavy atom. The molecular formula is C34H38FN5O6. The van der Waals surface area contributed by atoms with Gasteiger partial charge in [0.2, 0.25) is 12.3 Å². The lowest BCUT2D eigenvalue weighted by Gasteiger charge is -2.35. The van der Waals surface area contributed by atoms with Crippen molar-refractivity contribution in [3.8, 4) is 0 Å². The van der Waals surface area contributed by atoms with Gasteiger partial charge in [0.1, 0.15) is 30.9 Å². The van der Waals surface area contributed by atoms with E-state index in [1.54, 1.807) is 0 Å². The molecule has 4 amide bonds. The van der Waals surface area contributed by atoms with E-state index in [-0.39, 0.29) is 44.5 Å². The number of hydrogen-bond donors (Lipinski definition) is 1. The maximum absolute atomic E-state index is 14.5. The number of benzene rings is 2. The minimum atomic E-state index is -1.08. The average molecular weight is 632 g/mol. The second-order valence-electron chi connectivity index (χ2n) is 11.5. The first kappa shape index (κ1) is 32.6. The Morgan fingerprint density at radius 2 is 1.63 bits per heavy atom. The Morgan fingerprint density at radius 1 is 0.957 bits per heavy atom. The highest BCUT2D eigenvalue weighted by Crippen LogP contribution is 2.33. The van der Waals surface area contributed by atoms with Crippen LogP contribution < -0.4 is 5.32 Å². The van der Waals surface area contributed by atoms with Crippen molar-refractivity contribution in [3.63, 3.8) is 0 Å². The van der Waals surface area contributed by atoms with Crippen molar-refractivity contribution >= 4 is 30.1 Å². The summed E-state index contributed by atoms with van der Waals surface area (Å²) in [6, 6.07) is 19.9. The number of anilines is 1. The van der Waals surface area contributed by atoms with Gasteiger partial charge in [-0.15, -0.1) is 0 Å². The first-order chi connectivity index (χ1) is 22.4. The highest BCUT2D eigenvalue weighted by molar-refractivity contribution is 5.97. The lowest BCUT2D eigenvalue weighted by atomic mass is 9.92. The second-order valence-corrected chi connectivity index (χ2v) is 11.5. The Labute approximate surface area is 267 Å². The lowest BCUT2D eigenvalue weighted by molar-refractivity contribution is -0.185. The van der Waals surface area contributed by atoms with Gasteiger partial charge in [-0.05, 0) is 42.0 Å². The topological polar surface area (TPSA) is 121 Å². The fourth-order valence-corrected chi connectivity index (χ4v) is 5.95. The van der Waals surface area contributed by atoms with E-state index in [1.807, 2.05) is 60.7 Å². The molecular weight excluding hydrogens is 593 g/mol. The van der Waals surface area contributed by atoms with Crippen molar-refractivity contribution in [2.24, 2.45) is 11.8 Å². The summed E-state index contributed by atoms with van der Waals surface area (Å²) in [4.78, 5) is 63.3. The van der Waals surface area contributed by atoms with Gasteiger partial charge < -0.3 is 10.1 Å². The molecule has 1 N–H and O–H groups in total. The number of rotatable bonds is 13. The molecule has 0 unspecified atom stereocenters. The molecule has 1 aliphatic heterocycles. The van der Waals surface area contributed by atoms with Crippen LogP contribution in [0.25, 0.3) is 0 Å². The number of hydroxylamine groups is 2. The molecule has 0 bridgehead atoms. The molecule has 0 spiro atoms. The largest absolute Gasteiger partial charge is 0.443 e. The number of ether oxygens (including phenoxy) is 1. The van der Waals surface area contributed by atoms with Gasteiger partial charge in [0.25, 0.3) is 5.91 Å². The third-order valence-corrected chi connectivity index (χ3v) is 8.29. The van der Waals surface area contributed by atoms with E-state index in [4.69, 9.17) is 9.57 Å².